The highest BCUT2D eigenvalue weighted by Crippen LogP contribution is 2.36. The number of aromatic nitrogens is 2. The molecule has 0 aliphatic carbocycles. The predicted octanol–water partition coefficient (Wildman–Crippen LogP) is 3.75. The molecule has 0 spiro atoms. The van der Waals surface area contributed by atoms with E-state index in [0.29, 0.717) is 17.2 Å². The molecule has 1 saturated heterocycles. The Morgan fingerprint density at radius 2 is 1.71 bits per heavy atom. The van der Waals surface area contributed by atoms with E-state index in [1.54, 1.807) is 0 Å². The van der Waals surface area contributed by atoms with Gasteiger partial charge in [-0.3, -0.25) is 0 Å². The van der Waals surface area contributed by atoms with Crippen molar-refractivity contribution in [2.45, 2.75) is 60.3 Å². The van der Waals surface area contributed by atoms with E-state index >= 15 is 0 Å². The number of anilines is 2. The number of hydrogen-bond acceptors (Lipinski definition) is 4. The summed E-state index contributed by atoms with van der Waals surface area (Å²) in [4.78, 5) is 11.6. The third-order valence-electron chi connectivity index (χ3n) is 4.71. The normalized spacial score (nSPS) is 17.6. The van der Waals surface area contributed by atoms with Gasteiger partial charge in [-0.1, -0.05) is 34.6 Å². The third kappa shape index (κ3) is 3.47. The number of piperidine rings is 1. The standard InChI is InChI=1S/C17H30N4/c1-11(2)15-19-14(18)12(3)16(20-15)21-9-7-13(8-10-21)17(4,5)6/h11,13H,7-10H2,1-6H3,(H2,18,19,20). The number of hydrogen-bond donors (Lipinski definition) is 1. The van der Waals surface area contributed by atoms with Crippen LogP contribution in [0.3, 0.4) is 0 Å². The van der Waals surface area contributed by atoms with Crippen molar-refractivity contribution in [3.63, 3.8) is 0 Å². The summed E-state index contributed by atoms with van der Waals surface area (Å²) in [5.74, 6) is 3.61. The Labute approximate surface area is 129 Å². The van der Waals surface area contributed by atoms with Gasteiger partial charge in [-0.2, -0.15) is 0 Å². The topological polar surface area (TPSA) is 55.0 Å². The van der Waals surface area contributed by atoms with Crippen LogP contribution in [0.15, 0.2) is 0 Å². The van der Waals surface area contributed by atoms with Crippen molar-refractivity contribution >= 4 is 11.6 Å². The number of rotatable bonds is 2. The summed E-state index contributed by atoms with van der Waals surface area (Å²) in [6.07, 6.45) is 2.45. The average Bonchev–Trinajstić information content (AvgIpc) is 2.40. The summed E-state index contributed by atoms with van der Waals surface area (Å²) in [6.45, 7) is 15.4. The molecule has 1 aromatic rings. The van der Waals surface area contributed by atoms with Gasteiger partial charge < -0.3 is 10.6 Å². The smallest absolute Gasteiger partial charge is 0.137 e. The molecule has 2 heterocycles. The van der Waals surface area contributed by atoms with E-state index in [9.17, 15) is 0 Å². The van der Waals surface area contributed by atoms with Crippen LogP contribution in [0.2, 0.25) is 0 Å². The summed E-state index contributed by atoms with van der Waals surface area (Å²) in [5.41, 5.74) is 7.50. The lowest BCUT2D eigenvalue weighted by molar-refractivity contribution is 0.198. The fraction of sp³-hybridized carbons (Fsp3) is 0.765. The van der Waals surface area contributed by atoms with Crippen molar-refractivity contribution in [2.75, 3.05) is 23.7 Å². The van der Waals surface area contributed by atoms with Gasteiger partial charge in [0, 0.05) is 24.6 Å². The molecule has 0 radical (unpaired) electrons. The van der Waals surface area contributed by atoms with Crippen LogP contribution in [-0.4, -0.2) is 23.1 Å². The van der Waals surface area contributed by atoms with Crippen LogP contribution >= 0.6 is 0 Å². The Morgan fingerprint density at radius 1 is 1.14 bits per heavy atom. The summed E-state index contributed by atoms with van der Waals surface area (Å²) in [7, 11) is 0. The van der Waals surface area contributed by atoms with Gasteiger partial charge in [0.15, 0.2) is 0 Å². The van der Waals surface area contributed by atoms with Crippen molar-refractivity contribution < 1.29 is 0 Å². The molecule has 118 valence electrons. The minimum atomic E-state index is 0.304. The van der Waals surface area contributed by atoms with Crippen LogP contribution in [0.25, 0.3) is 0 Å². The molecule has 0 unspecified atom stereocenters. The zero-order valence-corrected chi connectivity index (χ0v) is 14.4. The second kappa shape index (κ2) is 5.82. The molecule has 0 amide bonds. The lowest BCUT2D eigenvalue weighted by Crippen LogP contribution is -2.39. The first-order chi connectivity index (χ1) is 9.70. The summed E-state index contributed by atoms with van der Waals surface area (Å²) < 4.78 is 0. The van der Waals surface area contributed by atoms with E-state index < -0.39 is 0 Å². The average molecular weight is 290 g/mol. The molecule has 4 heteroatoms. The van der Waals surface area contributed by atoms with Gasteiger partial charge in [0.05, 0.1) is 0 Å². The maximum atomic E-state index is 6.08. The van der Waals surface area contributed by atoms with Gasteiger partial charge in [0.2, 0.25) is 0 Å². The third-order valence-corrected chi connectivity index (χ3v) is 4.71. The van der Waals surface area contributed by atoms with E-state index in [1.807, 2.05) is 6.92 Å². The minimum absolute atomic E-state index is 0.304. The van der Waals surface area contributed by atoms with Crippen molar-refractivity contribution in [1.82, 2.24) is 9.97 Å². The fourth-order valence-corrected chi connectivity index (χ4v) is 3.06. The summed E-state index contributed by atoms with van der Waals surface area (Å²) in [5, 5.41) is 0. The maximum absolute atomic E-state index is 6.08. The van der Waals surface area contributed by atoms with E-state index in [4.69, 9.17) is 10.7 Å². The zero-order valence-electron chi connectivity index (χ0n) is 14.4. The maximum Gasteiger partial charge on any atom is 0.137 e. The Morgan fingerprint density at radius 3 is 2.19 bits per heavy atom. The molecule has 1 aromatic heterocycles. The van der Waals surface area contributed by atoms with Gasteiger partial charge in [-0.05, 0) is 31.1 Å². The van der Waals surface area contributed by atoms with Crippen LogP contribution in [-0.2, 0) is 0 Å². The molecule has 1 fully saturated rings. The number of nitrogen functional groups attached to an aromatic ring is 1. The first kappa shape index (κ1) is 16.1. The van der Waals surface area contributed by atoms with E-state index in [0.717, 1.165) is 36.2 Å². The lowest BCUT2D eigenvalue weighted by Gasteiger charge is -2.39. The molecule has 21 heavy (non-hydrogen) atoms. The molecular formula is C17H30N4. The Balaban J connectivity index is 2.20. The molecule has 2 N–H and O–H groups in total. The highest BCUT2D eigenvalue weighted by atomic mass is 15.2. The molecule has 2 rings (SSSR count). The van der Waals surface area contributed by atoms with Crippen LogP contribution in [0, 0.1) is 18.3 Å². The Hall–Kier alpha value is -1.32. The molecule has 0 bridgehead atoms. The van der Waals surface area contributed by atoms with Gasteiger partial charge in [0.1, 0.15) is 17.5 Å². The van der Waals surface area contributed by atoms with E-state index in [2.05, 4.69) is 44.5 Å². The van der Waals surface area contributed by atoms with Crippen molar-refractivity contribution in [2.24, 2.45) is 11.3 Å². The fourth-order valence-electron chi connectivity index (χ4n) is 3.06. The van der Waals surface area contributed by atoms with E-state index in [-0.39, 0.29) is 0 Å². The van der Waals surface area contributed by atoms with Crippen molar-refractivity contribution in [3.8, 4) is 0 Å². The van der Waals surface area contributed by atoms with Crippen molar-refractivity contribution in [3.05, 3.63) is 11.4 Å². The molecular weight excluding hydrogens is 260 g/mol. The quantitative estimate of drug-likeness (QED) is 0.901. The van der Waals surface area contributed by atoms with E-state index in [1.165, 1.54) is 12.8 Å². The number of nitrogens with zero attached hydrogens (tertiary/aromatic N) is 3. The first-order valence-corrected chi connectivity index (χ1v) is 8.09. The molecule has 0 saturated carbocycles. The van der Waals surface area contributed by atoms with Crippen LogP contribution in [0.1, 0.15) is 64.8 Å². The monoisotopic (exact) mass is 290 g/mol. The van der Waals surface area contributed by atoms with Crippen LogP contribution in [0.5, 0.6) is 0 Å². The predicted molar refractivity (Wildman–Crippen MR) is 89.7 cm³/mol. The molecule has 1 aliphatic rings. The second-order valence-corrected chi connectivity index (χ2v) is 7.70. The van der Waals surface area contributed by atoms with Gasteiger partial charge in [-0.15, -0.1) is 0 Å². The lowest BCUT2D eigenvalue weighted by atomic mass is 9.75. The van der Waals surface area contributed by atoms with Gasteiger partial charge in [0.25, 0.3) is 0 Å². The molecule has 1 aliphatic heterocycles. The van der Waals surface area contributed by atoms with Gasteiger partial charge >= 0.3 is 0 Å². The highest BCUT2D eigenvalue weighted by molar-refractivity contribution is 5.56. The van der Waals surface area contributed by atoms with Gasteiger partial charge in [-0.25, -0.2) is 9.97 Å². The molecule has 4 nitrogen and oxygen atoms in total. The summed E-state index contributed by atoms with van der Waals surface area (Å²) in [6, 6.07) is 0. The Bertz CT molecular complexity index is 494. The first-order valence-electron chi connectivity index (χ1n) is 8.09. The molecule has 0 atom stereocenters. The zero-order chi connectivity index (χ0) is 15.8. The largest absolute Gasteiger partial charge is 0.383 e. The summed E-state index contributed by atoms with van der Waals surface area (Å²) >= 11 is 0. The van der Waals surface area contributed by atoms with Crippen LogP contribution < -0.4 is 10.6 Å². The van der Waals surface area contributed by atoms with Crippen LogP contribution in [0.4, 0.5) is 11.6 Å². The molecule has 0 aromatic carbocycles. The number of nitrogens with two attached hydrogens (primary N) is 1. The van der Waals surface area contributed by atoms with Crippen molar-refractivity contribution in [1.29, 1.82) is 0 Å². The Kier molecular flexibility index (Phi) is 4.45. The highest BCUT2D eigenvalue weighted by Gasteiger charge is 2.30. The SMILES string of the molecule is Cc1c(N)nc(C(C)C)nc1N1CCC(C(C)(C)C)CC1. The minimum Gasteiger partial charge on any atom is -0.383 e. The second-order valence-electron chi connectivity index (χ2n) is 7.70.